The normalized spacial score (nSPS) is 11.7. The van der Waals surface area contributed by atoms with Gasteiger partial charge in [-0.25, -0.2) is 19.1 Å². The Morgan fingerprint density at radius 2 is 1.93 bits per heavy atom. The lowest BCUT2D eigenvalue weighted by molar-refractivity contribution is 0.190. The van der Waals surface area contributed by atoms with E-state index in [-0.39, 0.29) is 17.9 Å². The monoisotopic (exact) mass is 405 g/mol. The van der Waals surface area contributed by atoms with Gasteiger partial charge in [-0.3, -0.25) is 0 Å². The molecule has 29 heavy (non-hydrogen) atoms. The van der Waals surface area contributed by atoms with Crippen LogP contribution in [0.1, 0.15) is 19.8 Å². The van der Waals surface area contributed by atoms with Crippen molar-refractivity contribution in [1.29, 1.82) is 0 Å². The van der Waals surface area contributed by atoms with Crippen molar-refractivity contribution >= 4 is 23.5 Å². The molecule has 8 nitrogen and oxygen atoms in total. The lowest BCUT2D eigenvalue weighted by Gasteiger charge is -2.23. The maximum atomic E-state index is 13.4. The lowest BCUT2D eigenvalue weighted by atomic mass is 10.2. The fourth-order valence-corrected chi connectivity index (χ4v) is 2.64. The molecule has 9 heteroatoms. The minimum Gasteiger partial charge on any atom is -0.385 e. The van der Waals surface area contributed by atoms with E-state index in [1.807, 2.05) is 6.92 Å². The minimum absolute atomic E-state index is 0.0101. The molecular formula is C20H28FN5O3. The van der Waals surface area contributed by atoms with Crippen molar-refractivity contribution < 1.29 is 18.7 Å². The SMILES string of the molecule is COCCCCNC(=O)N(c1ccc(F)cc1)c1ccnc(N[C@@H](C)COC)n1. The molecule has 0 aliphatic heterocycles. The highest BCUT2D eigenvalue weighted by atomic mass is 19.1. The van der Waals surface area contributed by atoms with Crippen LogP contribution in [0.15, 0.2) is 36.5 Å². The predicted octanol–water partition coefficient (Wildman–Crippen LogP) is 3.34. The fraction of sp³-hybridized carbons (Fsp3) is 0.450. The molecule has 0 saturated heterocycles. The number of hydrogen-bond donors (Lipinski definition) is 2. The van der Waals surface area contributed by atoms with Crippen LogP contribution in [0.2, 0.25) is 0 Å². The zero-order chi connectivity index (χ0) is 21.1. The zero-order valence-corrected chi connectivity index (χ0v) is 17.0. The quantitative estimate of drug-likeness (QED) is 0.558. The summed E-state index contributed by atoms with van der Waals surface area (Å²) >= 11 is 0. The Morgan fingerprint density at radius 1 is 1.17 bits per heavy atom. The molecule has 0 saturated carbocycles. The number of amides is 2. The summed E-state index contributed by atoms with van der Waals surface area (Å²) in [5.74, 6) is 0.354. The summed E-state index contributed by atoms with van der Waals surface area (Å²) in [5, 5.41) is 6.00. The van der Waals surface area contributed by atoms with E-state index in [0.29, 0.717) is 37.2 Å². The number of ether oxygens (including phenoxy) is 2. The van der Waals surface area contributed by atoms with Gasteiger partial charge in [0.15, 0.2) is 0 Å². The van der Waals surface area contributed by atoms with Crippen LogP contribution in [-0.4, -0.2) is 56.0 Å². The first-order chi connectivity index (χ1) is 14.0. The summed E-state index contributed by atoms with van der Waals surface area (Å²) in [6.07, 6.45) is 3.18. The van der Waals surface area contributed by atoms with Crippen molar-refractivity contribution in [2.24, 2.45) is 0 Å². The smallest absolute Gasteiger partial charge is 0.327 e. The molecule has 1 aromatic heterocycles. The largest absolute Gasteiger partial charge is 0.385 e. The average molecular weight is 405 g/mol. The lowest BCUT2D eigenvalue weighted by Crippen LogP contribution is -2.38. The van der Waals surface area contributed by atoms with Gasteiger partial charge in [0.2, 0.25) is 5.95 Å². The second kappa shape index (κ2) is 11.9. The Labute approximate surface area is 170 Å². The molecule has 158 valence electrons. The average Bonchev–Trinajstić information content (AvgIpc) is 2.70. The molecule has 0 unspecified atom stereocenters. The molecule has 0 aliphatic rings. The number of unbranched alkanes of at least 4 members (excludes halogenated alkanes) is 1. The molecule has 0 radical (unpaired) electrons. The molecule has 1 heterocycles. The van der Waals surface area contributed by atoms with Crippen molar-refractivity contribution in [2.75, 3.05) is 44.2 Å². The molecule has 1 atom stereocenters. The minimum atomic E-state index is -0.382. The summed E-state index contributed by atoms with van der Waals surface area (Å²) in [4.78, 5) is 22.9. The van der Waals surface area contributed by atoms with Gasteiger partial charge >= 0.3 is 6.03 Å². The molecule has 2 aromatic rings. The van der Waals surface area contributed by atoms with Crippen molar-refractivity contribution in [1.82, 2.24) is 15.3 Å². The van der Waals surface area contributed by atoms with E-state index in [1.54, 1.807) is 26.5 Å². The highest BCUT2D eigenvalue weighted by Gasteiger charge is 2.20. The number of aromatic nitrogens is 2. The molecule has 1 aromatic carbocycles. The molecular weight excluding hydrogens is 377 g/mol. The summed E-state index contributed by atoms with van der Waals surface area (Å²) in [7, 11) is 3.26. The van der Waals surface area contributed by atoms with Crippen LogP contribution in [0.5, 0.6) is 0 Å². The second-order valence-electron chi connectivity index (χ2n) is 6.48. The number of nitrogens with one attached hydrogen (secondary N) is 2. The summed E-state index contributed by atoms with van der Waals surface area (Å²) < 4.78 is 23.5. The van der Waals surface area contributed by atoms with Crippen LogP contribution >= 0.6 is 0 Å². The fourth-order valence-electron chi connectivity index (χ4n) is 2.64. The van der Waals surface area contributed by atoms with Crippen LogP contribution in [0, 0.1) is 5.82 Å². The third-order valence-electron chi connectivity index (χ3n) is 4.00. The van der Waals surface area contributed by atoms with Gasteiger partial charge in [-0.15, -0.1) is 0 Å². The number of carbonyl (C=O) groups excluding carboxylic acids is 1. The maximum absolute atomic E-state index is 13.4. The van der Waals surface area contributed by atoms with Crippen molar-refractivity contribution in [3.8, 4) is 0 Å². The van der Waals surface area contributed by atoms with E-state index in [0.717, 1.165) is 12.8 Å². The first-order valence-corrected chi connectivity index (χ1v) is 9.46. The number of halogens is 1. The van der Waals surface area contributed by atoms with E-state index in [2.05, 4.69) is 20.6 Å². The van der Waals surface area contributed by atoms with Gasteiger partial charge < -0.3 is 20.1 Å². The number of hydrogen-bond acceptors (Lipinski definition) is 6. The van der Waals surface area contributed by atoms with Gasteiger partial charge in [-0.2, -0.15) is 4.98 Å². The van der Waals surface area contributed by atoms with Gasteiger partial charge in [-0.1, -0.05) is 0 Å². The van der Waals surface area contributed by atoms with E-state index in [1.165, 1.54) is 29.2 Å². The number of anilines is 3. The number of carbonyl (C=O) groups is 1. The van der Waals surface area contributed by atoms with Gasteiger partial charge in [0.1, 0.15) is 11.6 Å². The zero-order valence-electron chi connectivity index (χ0n) is 17.0. The Kier molecular flexibility index (Phi) is 9.26. The Bertz CT molecular complexity index is 760. The first-order valence-electron chi connectivity index (χ1n) is 9.46. The topological polar surface area (TPSA) is 88.6 Å². The van der Waals surface area contributed by atoms with Gasteiger partial charge in [-0.05, 0) is 44.0 Å². The van der Waals surface area contributed by atoms with E-state index >= 15 is 0 Å². The standard InChI is InChI=1S/C20H28FN5O3/c1-15(14-29-3)24-19-22-12-10-18(25-19)26(17-8-6-16(21)7-9-17)20(27)23-11-4-5-13-28-2/h6-10,12,15H,4-5,11,13-14H2,1-3H3,(H,23,27)(H,22,24,25)/t15-/m0/s1. The first kappa shape index (κ1) is 22.5. The van der Waals surface area contributed by atoms with Crippen molar-refractivity contribution in [3.63, 3.8) is 0 Å². The van der Waals surface area contributed by atoms with Crippen molar-refractivity contribution in [3.05, 3.63) is 42.3 Å². The van der Waals surface area contributed by atoms with E-state index in [9.17, 15) is 9.18 Å². The maximum Gasteiger partial charge on any atom is 0.327 e. The number of rotatable bonds is 11. The Hall–Kier alpha value is -2.78. The van der Waals surface area contributed by atoms with Crippen LogP contribution < -0.4 is 15.5 Å². The molecule has 0 bridgehead atoms. The number of urea groups is 1. The third kappa shape index (κ3) is 7.28. The molecule has 0 fully saturated rings. The van der Waals surface area contributed by atoms with Gasteiger partial charge in [0, 0.05) is 45.7 Å². The van der Waals surface area contributed by atoms with Gasteiger partial charge in [0.25, 0.3) is 0 Å². The van der Waals surface area contributed by atoms with Gasteiger partial charge in [0.05, 0.1) is 12.3 Å². The highest BCUT2D eigenvalue weighted by Crippen LogP contribution is 2.24. The molecule has 0 spiro atoms. The molecule has 0 aliphatic carbocycles. The number of nitrogens with zero attached hydrogens (tertiary/aromatic N) is 3. The number of methoxy groups -OCH3 is 2. The Balaban J connectivity index is 2.20. The molecule has 2 rings (SSSR count). The predicted molar refractivity (Wildman–Crippen MR) is 110 cm³/mol. The highest BCUT2D eigenvalue weighted by molar-refractivity contribution is 5.98. The molecule has 2 amide bonds. The van der Waals surface area contributed by atoms with Crippen LogP contribution in [0.4, 0.5) is 26.6 Å². The van der Waals surface area contributed by atoms with E-state index < -0.39 is 0 Å². The van der Waals surface area contributed by atoms with Crippen LogP contribution in [0.25, 0.3) is 0 Å². The molecule has 2 N–H and O–H groups in total. The van der Waals surface area contributed by atoms with Crippen molar-refractivity contribution in [2.45, 2.75) is 25.8 Å². The van der Waals surface area contributed by atoms with E-state index in [4.69, 9.17) is 9.47 Å². The summed E-state index contributed by atoms with van der Waals surface area (Å²) in [5.41, 5.74) is 0.496. The van der Waals surface area contributed by atoms with Crippen LogP contribution in [0.3, 0.4) is 0 Å². The summed E-state index contributed by atoms with van der Waals surface area (Å²) in [6.45, 7) is 3.54. The Morgan fingerprint density at radius 3 is 2.62 bits per heavy atom. The van der Waals surface area contributed by atoms with Crippen LogP contribution in [-0.2, 0) is 9.47 Å². The number of benzene rings is 1. The summed E-state index contributed by atoms with van der Waals surface area (Å²) in [6, 6.07) is 6.92. The third-order valence-corrected chi connectivity index (χ3v) is 4.00. The second-order valence-corrected chi connectivity index (χ2v) is 6.48.